The summed E-state index contributed by atoms with van der Waals surface area (Å²) in [5.41, 5.74) is 11.0. The molecule has 2 unspecified atom stereocenters. The fourth-order valence-corrected chi connectivity index (χ4v) is 4.98. The Morgan fingerprint density at radius 1 is 0.786 bits per heavy atom. The Morgan fingerprint density at radius 3 is 2.32 bits per heavy atom. The van der Waals surface area contributed by atoms with E-state index < -0.39 is 0 Å². The lowest BCUT2D eigenvalue weighted by atomic mass is 9.77. The molecule has 4 aliphatic rings. The Morgan fingerprint density at radius 2 is 1.54 bits per heavy atom. The molecule has 28 heavy (non-hydrogen) atoms. The zero-order valence-corrected chi connectivity index (χ0v) is 15.9. The first-order valence-electron chi connectivity index (χ1n) is 10.2. The van der Waals surface area contributed by atoms with Gasteiger partial charge in [-0.1, -0.05) is 54.2 Å². The lowest BCUT2D eigenvalue weighted by molar-refractivity contribution is 0.652. The summed E-state index contributed by atoms with van der Waals surface area (Å²) < 4.78 is 0. The quantitative estimate of drug-likeness (QED) is 0.582. The predicted octanol–water partition coefficient (Wildman–Crippen LogP) is 5.84. The van der Waals surface area contributed by atoms with Crippen LogP contribution in [-0.4, -0.2) is 0 Å². The van der Waals surface area contributed by atoms with Crippen molar-refractivity contribution in [1.82, 2.24) is 0 Å². The summed E-state index contributed by atoms with van der Waals surface area (Å²) in [6.45, 7) is 0. The largest absolute Gasteiger partial charge is 0.198 e. The molecule has 0 N–H and O–H groups in total. The van der Waals surface area contributed by atoms with E-state index in [9.17, 15) is 10.5 Å². The summed E-state index contributed by atoms with van der Waals surface area (Å²) in [7, 11) is 0. The maximum atomic E-state index is 9.39. The van der Waals surface area contributed by atoms with Crippen LogP contribution < -0.4 is 0 Å². The van der Waals surface area contributed by atoms with Gasteiger partial charge in [-0.3, -0.25) is 0 Å². The van der Waals surface area contributed by atoms with E-state index in [0.29, 0.717) is 0 Å². The second-order valence-corrected chi connectivity index (χ2v) is 8.16. The molecule has 1 aromatic carbocycles. The van der Waals surface area contributed by atoms with Crippen molar-refractivity contribution in [3.8, 4) is 12.1 Å². The van der Waals surface area contributed by atoms with Crippen LogP contribution in [0.5, 0.6) is 0 Å². The molecule has 0 heterocycles. The zero-order chi connectivity index (χ0) is 19.1. The van der Waals surface area contributed by atoms with Crippen LogP contribution in [0.2, 0.25) is 0 Å². The lowest BCUT2D eigenvalue weighted by Gasteiger charge is -2.27. The van der Waals surface area contributed by atoms with Crippen molar-refractivity contribution in [3.63, 3.8) is 0 Å². The molecule has 136 valence electrons. The number of allylic oxidation sites excluding steroid dienone is 10. The van der Waals surface area contributed by atoms with Crippen molar-refractivity contribution < 1.29 is 0 Å². The van der Waals surface area contributed by atoms with E-state index in [0.717, 1.165) is 38.5 Å². The molecular weight excluding hydrogens is 340 g/mol. The Hall–Kier alpha value is -3.10. The van der Waals surface area contributed by atoms with Crippen molar-refractivity contribution in [2.45, 2.75) is 38.5 Å². The minimum absolute atomic E-state index is 0.117. The Kier molecular flexibility index (Phi) is 4.14. The molecule has 0 aliphatic heterocycles. The van der Waals surface area contributed by atoms with Gasteiger partial charge in [0.1, 0.15) is 0 Å². The smallest absolute Gasteiger partial charge is 0.0830 e. The normalized spacial score (nSPS) is 24.9. The Balaban J connectivity index is 1.61. The molecule has 2 nitrogen and oxygen atoms in total. The van der Waals surface area contributed by atoms with Gasteiger partial charge in [0, 0.05) is 0 Å². The number of rotatable bonds is 0. The number of hydrogen-bond donors (Lipinski definition) is 0. The molecule has 0 amide bonds. The highest BCUT2D eigenvalue weighted by molar-refractivity contribution is 5.87. The topological polar surface area (TPSA) is 47.6 Å². The SMILES string of the molecule is N#CC1C=CC2=C(C=C1)c1cc3c(cc1CC2)C1=C(CC3)CC(C#N)CC=C1. The molecule has 0 spiro atoms. The van der Waals surface area contributed by atoms with Gasteiger partial charge in [-0.05, 0) is 77.5 Å². The highest BCUT2D eigenvalue weighted by atomic mass is 14.3. The molecule has 5 rings (SSSR count). The summed E-state index contributed by atoms with van der Waals surface area (Å²) in [5.74, 6) is -0.0183. The molecule has 2 atom stereocenters. The van der Waals surface area contributed by atoms with Crippen molar-refractivity contribution in [2.75, 3.05) is 0 Å². The van der Waals surface area contributed by atoms with Gasteiger partial charge in [0.15, 0.2) is 0 Å². The minimum Gasteiger partial charge on any atom is -0.198 e. The predicted molar refractivity (Wildman–Crippen MR) is 112 cm³/mol. The first-order valence-corrected chi connectivity index (χ1v) is 10.2. The van der Waals surface area contributed by atoms with E-state index in [1.54, 1.807) is 0 Å². The second kappa shape index (κ2) is 6.81. The Labute approximate surface area is 166 Å². The van der Waals surface area contributed by atoms with Gasteiger partial charge in [0.05, 0.1) is 24.0 Å². The maximum Gasteiger partial charge on any atom is 0.0830 e. The summed E-state index contributed by atoms with van der Waals surface area (Å²) in [4.78, 5) is 0. The number of hydrogen-bond acceptors (Lipinski definition) is 2. The number of fused-ring (bicyclic) bond motifs is 4. The fourth-order valence-electron chi connectivity index (χ4n) is 4.98. The van der Waals surface area contributed by atoms with Crippen LogP contribution >= 0.6 is 0 Å². The van der Waals surface area contributed by atoms with Gasteiger partial charge < -0.3 is 0 Å². The van der Waals surface area contributed by atoms with E-state index >= 15 is 0 Å². The average Bonchev–Trinajstić information content (AvgIpc) is 3.08. The number of nitrogens with zero attached hydrogens (tertiary/aromatic N) is 2. The summed E-state index contributed by atoms with van der Waals surface area (Å²) in [5, 5.41) is 18.7. The molecule has 0 fully saturated rings. The van der Waals surface area contributed by atoms with Crippen molar-refractivity contribution >= 4 is 11.1 Å². The van der Waals surface area contributed by atoms with Gasteiger partial charge in [0.25, 0.3) is 0 Å². The molecule has 2 heteroatoms. The first-order chi connectivity index (χ1) is 13.8. The molecular formula is C26H22N2. The number of benzene rings is 1. The summed E-state index contributed by atoms with van der Waals surface area (Å²) in [6.07, 6.45) is 18.7. The van der Waals surface area contributed by atoms with Crippen LogP contribution in [0.15, 0.2) is 59.7 Å². The van der Waals surface area contributed by atoms with Gasteiger partial charge in [0.2, 0.25) is 0 Å². The molecule has 0 saturated carbocycles. The second-order valence-electron chi connectivity index (χ2n) is 8.16. The van der Waals surface area contributed by atoms with E-state index in [1.165, 1.54) is 44.5 Å². The van der Waals surface area contributed by atoms with Crippen molar-refractivity contribution in [1.29, 1.82) is 10.5 Å². The average molecular weight is 362 g/mol. The number of aryl methyl sites for hydroxylation is 2. The van der Waals surface area contributed by atoms with Crippen LogP contribution in [-0.2, 0) is 12.8 Å². The van der Waals surface area contributed by atoms with E-state index in [1.807, 2.05) is 12.2 Å². The van der Waals surface area contributed by atoms with E-state index in [-0.39, 0.29) is 11.8 Å². The van der Waals surface area contributed by atoms with E-state index in [4.69, 9.17) is 0 Å². The lowest BCUT2D eigenvalue weighted by Crippen LogP contribution is -2.10. The highest BCUT2D eigenvalue weighted by Gasteiger charge is 2.25. The van der Waals surface area contributed by atoms with E-state index in [2.05, 4.69) is 48.6 Å². The Bertz CT molecular complexity index is 1090. The maximum absolute atomic E-state index is 9.39. The van der Waals surface area contributed by atoms with Crippen LogP contribution in [0.25, 0.3) is 11.1 Å². The van der Waals surface area contributed by atoms with Gasteiger partial charge in [-0.25, -0.2) is 0 Å². The molecule has 0 radical (unpaired) electrons. The first kappa shape index (κ1) is 17.0. The van der Waals surface area contributed by atoms with Crippen LogP contribution in [0, 0.1) is 34.5 Å². The fraction of sp³-hybridized carbons (Fsp3) is 0.308. The zero-order valence-electron chi connectivity index (χ0n) is 15.9. The van der Waals surface area contributed by atoms with Crippen molar-refractivity contribution in [3.05, 3.63) is 82.0 Å². The highest BCUT2D eigenvalue weighted by Crippen LogP contribution is 2.42. The third-order valence-corrected chi connectivity index (χ3v) is 6.50. The number of nitriles is 2. The van der Waals surface area contributed by atoms with Crippen LogP contribution in [0.4, 0.5) is 0 Å². The third-order valence-electron chi connectivity index (χ3n) is 6.50. The summed E-state index contributed by atoms with van der Waals surface area (Å²) in [6, 6.07) is 9.61. The molecule has 0 bridgehead atoms. The van der Waals surface area contributed by atoms with Gasteiger partial charge in [-0.15, -0.1) is 0 Å². The summed E-state index contributed by atoms with van der Waals surface area (Å²) >= 11 is 0. The van der Waals surface area contributed by atoms with Gasteiger partial charge >= 0.3 is 0 Å². The molecule has 0 saturated heterocycles. The minimum atomic E-state index is -0.136. The third kappa shape index (κ3) is 2.78. The van der Waals surface area contributed by atoms with Crippen LogP contribution in [0.1, 0.15) is 47.9 Å². The van der Waals surface area contributed by atoms with Crippen molar-refractivity contribution in [2.24, 2.45) is 11.8 Å². The molecule has 0 aromatic heterocycles. The molecule has 1 aromatic rings. The van der Waals surface area contributed by atoms with Gasteiger partial charge in [-0.2, -0.15) is 10.5 Å². The monoisotopic (exact) mass is 362 g/mol. The standard InChI is InChI=1S/C26H22N2/c27-15-17-4-6-19-7-8-21-13-25-22(14-26(21)24(19)11-5-17)10-9-20-12-18(16-28)2-1-3-23(20)25/h1,3-6,11,13-14,17-18H,2,7-10,12H2. The molecule has 4 aliphatic carbocycles. The van der Waals surface area contributed by atoms with Crippen LogP contribution in [0.3, 0.4) is 0 Å².